The molecule has 5 nitrogen and oxygen atoms in total. The number of carboxylic acid groups (broad SMARTS) is 1. The minimum atomic E-state index is -0.788. The average molecular weight is 254 g/mol. The second-order valence-electron chi connectivity index (χ2n) is 4.81. The zero-order valence-electron chi connectivity index (χ0n) is 11.1. The maximum Gasteiger partial charge on any atom is 0.320 e. The van der Waals surface area contributed by atoms with Gasteiger partial charge >= 0.3 is 12.0 Å². The van der Waals surface area contributed by atoms with Gasteiger partial charge in [-0.15, -0.1) is 6.58 Å². The van der Waals surface area contributed by atoms with Crippen LogP contribution in [-0.2, 0) is 4.79 Å². The highest BCUT2D eigenvalue weighted by Crippen LogP contribution is 2.25. The van der Waals surface area contributed by atoms with Crippen LogP contribution in [0.1, 0.15) is 20.3 Å². The summed E-state index contributed by atoms with van der Waals surface area (Å²) < 4.78 is 0. The molecule has 0 saturated carbocycles. The molecule has 0 aromatic heterocycles. The fourth-order valence-corrected chi connectivity index (χ4v) is 2.08. The number of carboxylic acids is 1. The Labute approximate surface area is 108 Å². The van der Waals surface area contributed by atoms with Gasteiger partial charge in [-0.05, 0) is 6.42 Å². The highest BCUT2D eigenvalue weighted by Gasteiger charge is 2.38. The lowest BCUT2D eigenvalue weighted by molar-refractivity contribution is -0.144. The van der Waals surface area contributed by atoms with Crippen molar-refractivity contribution in [1.29, 1.82) is 0 Å². The maximum atomic E-state index is 12.1. The van der Waals surface area contributed by atoms with Crippen LogP contribution in [0.4, 0.5) is 4.79 Å². The van der Waals surface area contributed by atoms with Gasteiger partial charge in [-0.25, -0.2) is 4.79 Å². The lowest BCUT2D eigenvalue weighted by atomic mass is 9.87. The van der Waals surface area contributed by atoms with Crippen LogP contribution in [0.3, 0.4) is 0 Å². The molecule has 1 fully saturated rings. The Morgan fingerprint density at radius 2 is 2.17 bits per heavy atom. The van der Waals surface area contributed by atoms with Gasteiger partial charge in [-0.3, -0.25) is 4.79 Å². The fraction of sp³-hybridized carbons (Fsp3) is 0.692. The standard InChI is InChI=1S/C13H22N2O3/c1-4-6-14(7-5-2)13(18)15-8-11(9-15)10(3)12(16)17/h4,10-11H,1,5-9H2,2-3H3,(H,16,17). The number of amides is 2. The van der Waals surface area contributed by atoms with E-state index in [9.17, 15) is 9.59 Å². The smallest absolute Gasteiger partial charge is 0.320 e. The van der Waals surface area contributed by atoms with Gasteiger partial charge in [-0.1, -0.05) is 19.9 Å². The van der Waals surface area contributed by atoms with Gasteiger partial charge in [-0.2, -0.15) is 0 Å². The molecule has 0 radical (unpaired) electrons. The number of carbonyl (C=O) groups excluding carboxylic acids is 1. The molecule has 1 atom stereocenters. The van der Waals surface area contributed by atoms with Gasteiger partial charge < -0.3 is 14.9 Å². The van der Waals surface area contributed by atoms with E-state index in [1.807, 2.05) is 6.92 Å². The number of urea groups is 1. The van der Waals surface area contributed by atoms with Crippen LogP contribution in [0.15, 0.2) is 12.7 Å². The largest absolute Gasteiger partial charge is 0.481 e. The maximum absolute atomic E-state index is 12.1. The molecule has 1 rings (SSSR count). The molecule has 0 aromatic rings. The van der Waals surface area contributed by atoms with Crippen LogP contribution in [0.25, 0.3) is 0 Å². The summed E-state index contributed by atoms with van der Waals surface area (Å²) in [5, 5.41) is 8.89. The summed E-state index contributed by atoms with van der Waals surface area (Å²) >= 11 is 0. The van der Waals surface area contributed by atoms with Gasteiger partial charge in [0.1, 0.15) is 0 Å². The molecule has 0 spiro atoms. The molecule has 5 heteroatoms. The van der Waals surface area contributed by atoms with Crippen LogP contribution >= 0.6 is 0 Å². The summed E-state index contributed by atoms with van der Waals surface area (Å²) in [6.07, 6.45) is 2.62. The molecule has 1 aliphatic heterocycles. The van der Waals surface area contributed by atoms with E-state index < -0.39 is 5.97 Å². The van der Waals surface area contributed by atoms with Crippen LogP contribution in [0.2, 0.25) is 0 Å². The number of likely N-dealkylation sites (tertiary alicyclic amines) is 1. The van der Waals surface area contributed by atoms with Crippen LogP contribution in [0, 0.1) is 11.8 Å². The number of hydrogen-bond acceptors (Lipinski definition) is 2. The molecular formula is C13H22N2O3. The van der Waals surface area contributed by atoms with E-state index in [2.05, 4.69) is 6.58 Å². The summed E-state index contributed by atoms with van der Waals surface area (Å²) in [5.74, 6) is -1.09. The van der Waals surface area contributed by atoms with Crippen molar-refractivity contribution >= 4 is 12.0 Å². The quantitative estimate of drug-likeness (QED) is 0.733. The van der Waals surface area contributed by atoms with E-state index >= 15 is 0 Å². The Hall–Kier alpha value is -1.52. The zero-order valence-corrected chi connectivity index (χ0v) is 11.1. The zero-order chi connectivity index (χ0) is 13.7. The minimum absolute atomic E-state index is 0.00871. The Bertz CT molecular complexity index is 324. The Kier molecular flexibility index (Phi) is 5.19. The third kappa shape index (κ3) is 3.24. The Morgan fingerprint density at radius 3 is 2.61 bits per heavy atom. The first kappa shape index (κ1) is 14.5. The van der Waals surface area contributed by atoms with Crippen molar-refractivity contribution in [1.82, 2.24) is 9.80 Å². The van der Waals surface area contributed by atoms with Gasteiger partial charge in [0.05, 0.1) is 5.92 Å². The summed E-state index contributed by atoms with van der Waals surface area (Å²) in [6, 6.07) is -0.00871. The van der Waals surface area contributed by atoms with Crippen LogP contribution in [-0.4, -0.2) is 53.1 Å². The topological polar surface area (TPSA) is 60.9 Å². The molecule has 2 amide bonds. The van der Waals surface area contributed by atoms with E-state index in [0.29, 0.717) is 26.2 Å². The van der Waals surface area contributed by atoms with Crippen LogP contribution in [0.5, 0.6) is 0 Å². The van der Waals surface area contributed by atoms with Gasteiger partial charge in [0, 0.05) is 32.1 Å². The van der Waals surface area contributed by atoms with Gasteiger partial charge in [0.25, 0.3) is 0 Å². The number of rotatable bonds is 6. The highest BCUT2D eigenvalue weighted by molar-refractivity contribution is 5.76. The number of nitrogens with zero attached hydrogens (tertiary/aromatic N) is 2. The number of hydrogen-bond donors (Lipinski definition) is 1. The predicted octanol–water partition coefficient (Wildman–Crippen LogP) is 1.66. The first-order valence-corrected chi connectivity index (χ1v) is 6.38. The van der Waals surface area contributed by atoms with Crippen LogP contribution < -0.4 is 0 Å². The Morgan fingerprint density at radius 1 is 1.56 bits per heavy atom. The molecule has 102 valence electrons. The van der Waals surface area contributed by atoms with E-state index in [1.54, 1.807) is 22.8 Å². The molecular weight excluding hydrogens is 232 g/mol. The fourth-order valence-electron chi connectivity index (χ4n) is 2.08. The van der Waals surface area contributed by atoms with E-state index in [1.165, 1.54) is 0 Å². The molecule has 1 unspecified atom stereocenters. The molecule has 1 saturated heterocycles. The van der Waals surface area contributed by atoms with Crippen molar-refractivity contribution in [2.75, 3.05) is 26.2 Å². The molecule has 1 heterocycles. The summed E-state index contributed by atoms with van der Waals surface area (Å²) in [4.78, 5) is 26.4. The van der Waals surface area contributed by atoms with Crippen molar-refractivity contribution in [3.05, 3.63) is 12.7 Å². The van der Waals surface area contributed by atoms with Crippen molar-refractivity contribution < 1.29 is 14.7 Å². The summed E-state index contributed by atoms with van der Waals surface area (Å²) in [6.45, 7) is 9.71. The first-order valence-electron chi connectivity index (χ1n) is 6.38. The van der Waals surface area contributed by atoms with Crippen molar-refractivity contribution in [3.8, 4) is 0 Å². The molecule has 0 aromatic carbocycles. The number of aliphatic carboxylic acids is 1. The SMILES string of the molecule is C=CCN(CCC)C(=O)N1CC(C(C)C(=O)O)C1. The van der Waals surface area contributed by atoms with Crippen molar-refractivity contribution in [2.24, 2.45) is 11.8 Å². The molecule has 1 aliphatic rings. The third-order valence-corrected chi connectivity index (χ3v) is 3.39. The third-order valence-electron chi connectivity index (χ3n) is 3.39. The van der Waals surface area contributed by atoms with Crippen molar-refractivity contribution in [3.63, 3.8) is 0 Å². The minimum Gasteiger partial charge on any atom is -0.481 e. The lowest BCUT2D eigenvalue weighted by Gasteiger charge is -2.43. The lowest BCUT2D eigenvalue weighted by Crippen LogP contribution is -2.57. The first-order chi connectivity index (χ1) is 8.51. The van der Waals surface area contributed by atoms with Crippen molar-refractivity contribution in [2.45, 2.75) is 20.3 Å². The van der Waals surface area contributed by atoms with E-state index in [4.69, 9.17) is 5.11 Å². The van der Waals surface area contributed by atoms with E-state index in [0.717, 1.165) is 6.42 Å². The second-order valence-corrected chi connectivity index (χ2v) is 4.81. The molecule has 0 aliphatic carbocycles. The second kappa shape index (κ2) is 6.42. The molecule has 18 heavy (non-hydrogen) atoms. The monoisotopic (exact) mass is 254 g/mol. The van der Waals surface area contributed by atoms with Gasteiger partial charge in [0.15, 0.2) is 0 Å². The molecule has 0 bridgehead atoms. The molecule has 1 N–H and O–H groups in total. The normalized spacial score (nSPS) is 16.9. The van der Waals surface area contributed by atoms with E-state index in [-0.39, 0.29) is 17.9 Å². The van der Waals surface area contributed by atoms with Gasteiger partial charge in [0.2, 0.25) is 0 Å². The predicted molar refractivity (Wildman–Crippen MR) is 69.3 cm³/mol. The highest BCUT2D eigenvalue weighted by atomic mass is 16.4. The Balaban J connectivity index is 2.46. The number of carbonyl (C=O) groups is 2. The summed E-state index contributed by atoms with van der Waals surface area (Å²) in [7, 11) is 0. The summed E-state index contributed by atoms with van der Waals surface area (Å²) in [5.41, 5.74) is 0. The average Bonchev–Trinajstić information content (AvgIpc) is 2.26.